The minimum absolute atomic E-state index is 0.164. The molecule has 1 aliphatic rings. The van der Waals surface area contributed by atoms with Crippen molar-refractivity contribution < 1.29 is 65.9 Å². The molecule has 23 heteroatoms. The first-order valence-corrected chi connectivity index (χ1v) is 15.0. The van der Waals surface area contributed by atoms with Gasteiger partial charge in [-0.1, -0.05) is 12.1 Å². The lowest BCUT2D eigenvalue weighted by molar-refractivity contribution is -0.386. The Labute approximate surface area is 222 Å². The Morgan fingerprint density at radius 1 is 1.07 bits per heavy atom. The fraction of sp³-hybridized carbons (Fsp3) is 0.294. The van der Waals surface area contributed by atoms with Crippen LogP contribution in [0.5, 0.6) is 0 Å². The number of anilines is 1. The van der Waals surface area contributed by atoms with Gasteiger partial charge in [0.25, 0.3) is 5.69 Å². The SMILES string of the molecule is Nc1nc(=O)n([C@H]2CC(O)=C(COP(=O)(O)OP(=O)(O)OP(=O)(O)O)O2)cc1COCc1ccccc1[N+](=O)[O-]. The van der Waals surface area contributed by atoms with Crippen LogP contribution in [0.3, 0.4) is 0 Å². The van der Waals surface area contributed by atoms with Crippen LogP contribution < -0.4 is 11.4 Å². The van der Waals surface area contributed by atoms with E-state index in [1.54, 1.807) is 6.07 Å². The van der Waals surface area contributed by atoms with Crippen molar-refractivity contribution in [2.75, 3.05) is 12.3 Å². The molecule has 0 bridgehead atoms. The number of aliphatic hydroxyl groups is 1. The summed E-state index contributed by atoms with van der Waals surface area (Å²) in [6.45, 7) is -1.48. The number of nitrogen functional groups attached to an aromatic ring is 1. The number of phosphoric acid groups is 3. The topological polar surface area (TPSA) is 303 Å². The molecule has 0 aliphatic carbocycles. The maximum atomic E-state index is 12.4. The number of ether oxygens (including phenoxy) is 2. The highest BCUT2D eigenvalue weighted by molar-refractivity contribution is 7.66. The molecular formula is C17H21N4O16P3. The Morgan fingerprint density at radius 3 is 2.38 bits per heavy atom. The van der Waals surface area contributed by atoms with Gasteiger partial charge in [-0.15, -0.1) is 0 Å². The highest BCUT2D eigenvalue weighted by Gasteiger charge is 2.41. The van der Waals surface area contributed by atoms with Crippen LogP contribution in [0, 0.1) is 10.1 Å². The molecular weight excluding hydrogens is 609 g/mol. The van der Waals surface area contributed by atoms with E-state index in [0.29, 0.717) is 0 Å². The van der Waals surface area contributed by atoms with Crippen LogP contribution in [0.4, 0.5) is 11.5 Å². The van der Waals surface area contributed by atoms with Crippen molar-refractivity contribution in [3.63, 3.8) is 0 Å². The number of benzene rings is 1. The summed E-state index contributed by atoms with van der Waals surface area (Å²) in [6, 6.07) is 5.86. The van der Waals surface area contributed by atoms with Gasteiger partial charge >= 0.3 is 29.2 Å². The van der Waals surface area contributed by atoms with Gasteiger partial charge in [-0.25, -0.2) is 18.5 Å². The smallest absolute Gasteiger partial charge is 0.490 e. The largest absolute Gasteiger partial charge is 0.508 e. The number of hydrogen-bond donors (Lipinski definition) is 6. The van der Waals surface area contributed by atoms with E-state index in [0.717, 1.165) is 4.57 Å². The molecule has 0 saturated heterocycles. The first kappa shape index (κ1) is 31.5. The van der Waals surface area contributed by atoms with Gasteiger partial charge in [0.15, 0.2) is 12.0 Å². The average molecular weight is 630 g/mol. The molecule has 1 aliphatic heterocycles. The Hall–Kier alpha value is -2.99. The number of nitro benzene ring substituents is 1. The number of nitro groups is 1. The van der Waals surface area contributed by atoms with Crippen molar-refractivity contribution in [1.82, 2.24) is 9.55 Å². The van der Waals surface area contributed by atoms with Crippen molar-refractivity contribution in [3.8, 4) is 0 Å². The Bertz CT molecular complexity index is 1520. The lowest BCUT2D eigenvalue weighted by atomic mass is 10.2. The van der Waals surface area contributed by atoms with E-state index < -0.39 is 58.4 Å². The van der Waals surface area contributed by atoms with Crippen LogP contribution in [0.15, 0.2) is 46.8 Å². The van der Waals surface area contributed by atoms with Gasteiger partial charge in [0.05, 0.1) is 30.1 Å². The average Bonchev–Trinajstić information content (AvgIpc) is 3.17. The predicted octanol–water partition coefficient (Wildman–Crippen LogP) is 1.48. The summed E-state index contributed by atoms with van der Waals surface area (Å²) in [5.74, 6) is -1.29. The number of para-hydroxylation sites is 1. The quantitative estimate of drug-likeness (QED) is 0.104. The molecule has 0 fully saturated rings. The first-order chi connectivity index (χ1) is 18.5. The fourth-order valence-corrected chi connectivity index (χ4v) is 6.17. The predicted molar refractivity (Wildman–Crippen MR) is 129 cm³/mol. The van der Waals surface area contributed by atoms with Crippen LogP contribution in [0.2, 0.25) is 0 Å². The lowest BCUT2D eigenvalue weighted by Crippen LogP contribution is -2.29. The number of nitrogens with zero attached hydrogens (tertiary/aromatic N) is 3. The zero-order valence-electron chi connectivity index (χ0n) is 19.8. The molecule has 220 valence electrons. The number of hydrogen-bond acceptors (Lipinski definition) is 14. The van der Waals surface area contributed by atoms with E-state index in [9.17, 15) is 43.5 Å². The maximum absolute atomic E-state index is 12.4. The number of aromatic nitrogens is 2. The van der Waals surface area contributed by atoms with E-state index >= 15 is 0 Å². The number of rotatable bonds is 13. The summed E-state index contributed by atoms with van der Waals surface area (Å²) >= 11 is 0. The molecule has 1 aromatic carbocycles. The second kappa shape index (κ2) is 12.3. The summed E-state index contributed by atoms with van der Waals surface area (Å²) < 4.78 is 57.3. The lowest BCUT2D eigenvalue weighted by Gasteiger charge is -2.18. The first-order valence-electron chi connectivity index (χ1n) is 10.5. The van der Waals surface area contributed by atoms with Gasteiger partial charge in [-0.2, -0.15) is 13.6 Å². The normalized spacial score (nSPS) is 18.6. The molecule has 20 nitrogen and oxygen atoms in total. The molecule has 2 unspecified atom stereocenters. The maximum Gasteiger partial charge on any atom is 0.490 e. The number of phosphoric ester groups is 1. The van der Waals surface area contributed by atoms with Gasteiger partial charge < -0.3 is 39.9 Å². The van der Waals surface area contributed by atoms with Crippen molar-refractivity contribution >= 4 is 35.0 Å². The number of nitrogens with two attached hydrogens (primary N) is 1. The standard InChI is InChI=1S/C17H21N4O16P3/c18-16-11(8-33-7-10-3-1-2-4-12(10)21(24)25)6-20(17(23)19-16)15-5-13(22)14(35-15)9-34-39(29,30)37-40(31,32)36-38(26,27)28/h1-4,6,15,22H,5,7-9H2,(H,29,30)(H,31,32)(H2,18,19,23)(H2,26,27,28)/t15-/m1/s1. The third-order valence-electron chi connectivity index (χ3n) is 4.82. The summed E-state index contributed by atoms with van der Waals surface area (Å²) in [5, 5.41) is 21.3. The van der Waals surface area contributed by atoms with Crippen molar-refractivity contribution in [2.45, 2.75) is 25.9 Å². The summed E-state index contributed by atoms with van der Waals surface area (Å²) in [7, 11) is -16.9. The van der Waals surface area contributed by atoms with E-state index in [2.05, 4.69) is 18.1 Å². The molecule has 3 rings (SSSR count). The molecule has 2 heterocycles. The zero-order valence-corrected chi connectivity index (χ0v) is 22.5. The van der Waals surface area contributed by atoms with Crippen LogP contribution in [-0.2, 0) is 49.5 Å². The summed E-state index contributed by atoms with van der Waals surface area (Å²) in [4.78, 5) is 62.4. The van der Waals surface area contributed by atoms with Crippen molar-refractivity contribution in [3.05, 3.63) is 73.7 Å². The Kier molecular flexibility index (Phi) is 9.66. The van der Waals surface area contributed by atoms with E-state index in [1.165, 1.54) is 24.4 Å². The molecule has 1 aromatic heterocycles. The van der Waals surface area contributed by atoms with E-state index in [4.69, 9.17) is 25.0 Å². The van der Waals surface area contributed by atoms with E-state index in [1.807, 2.05) is 0 Å². The molecule has 7 N–H and O–H groups in total. The highest BCUT2D eigenvalue weighted by atomic mass is 31.3. The van der Waals surface area contributed by atoms with Gasteiger partial charge in [0.1, 0.15) is 18.2 Å². The molecule has 3 atom stereocenters. The molecule has 0 spiro atoms. The van der Waals surface area contributed by atoms with E-state index in [-0.39, 0.29) is 42.3 Å². The summed E-state index contributed by atoms with van der Waals surface area (Å²) in [6.07, 6.45) is -0.459. The molecule has 0 amide bonds. The Balaban J connectivity index is 1.65. The minimum Gasteiger partial charge on any atom is -0.508 e. The highest BCUT2D eigenvalue weighted by Crippen LogP contribution is 2.66. The monoisotopic (exact) mass is 630 g/mol. The Morgan fingerprint density at radius 2 is 1.73 bits per heavy atom. The van der Waals surface area contributed by atoms with Crippen LogP contribution in [0.1, 0.15) is 23.8 Å². The van der Waals surface area contributed by atoms with Crippen molar-refractivity contribution in [2.24, 2.45) is 0 Å². The second-order valence-electron chi connectivity index (χ2n) is 7.73. The van der Waals surface area contributed by atoms with Gasteiger partial charge in [-0.05, 0) is 6.07 Å². The molecule has 2 aromatic rings. The minimum atomic E-state index is -5.76. The summed E-state index contributed by atoms with van der Waals surface area (Å²) in [5.41, 5.74) is 5.14. The van der Waals surface area contributed by atoms with Crippen molar-refractivity contribution in [1.29, 1.82) is 0 Å². The molecule has 40 heavy (non-hydrogen) atoms. The van der Waals surface area contributed by atoms with Crippen LogP contribution in [0.25, 0.3) is 0 Å². The molecule has 0 saturated carbocycles. The molecule has 0 radical (unpaired) electrons. The zero-order chi connectivity index (χ0) is 29.9. The third-order valence-corrected chi connectivity index (χ3v) is 8.60. The van der Waals surface area contributed by atoms with Gasteiger partial charge in [0.2, 0.25) is 0 Å². The third kappa shape index (κ3) is 8.76. The number of aliphatic hydroxyl groups excluding tert-OH is 1. The second-order valence-corrected chi connectivity index (χ2v) is 12.2. The van der Waals surface area contributed by atoms with Gasteiger partial charge in [0, 0.05) is 17.8 Å². The van der Waals surface area contributed by atoms with Crippen LogP contribution in [-0.4, -0.2) is 45.8 Å². The van der Waals surface area contributed by atoms with Crippen LogP contribution >= 0.6 is 23.5 Å². The fourth-order valence-electron chi connectivity index (χ4n) is 3.19. The van der Waals surface area contributed by atoms with Gasteiger partial charge in [-0.3, -0.25) is 19.2 Å².